The average Bonchev–Trinajstić information content (AvgIpc) is 2.99. The maximum atomic E-state index is 11.2. The van der Waals surface area contributed by atoms with E-state index in [1.54, 1.807) is 7.11 Å². The van der Waals surface area contributed by atoms with E-state index >= 15 is 0 Å². The molecule has 3 rings (SSSR count). The molecule has 2 fully saturated rings. The number of aliphatic hydroxyl groups is 1. The molecule has 0 spiro atoms. The van der Waals surface area contributed by atoms with Gasteiger partial charge in [0.1, 0.15) is 0 Å². The van der Waals surface area contributed by atoms with Crippen molar-refractivity contribution in [1.82, 2.24) is 4.90 Å². The molecule has 5 heteroatoms. The van der Waals surface area contributed by atoms with Crippen molar-refractivity contribution in [1.29, 1.82) is 0 Å². The Balaban J connectivity index is 1.92. The monoisotopic (exact) mass is 503 g/mol. The molecule has 5 nitrogen and oxygen atoms in total. The zero-order valence-corrected chi connectivity index (χ0v) is 25.1. The van der Waals surface area contributed by atoms with Crippen LogP contribution in [0.5, 0.6) is 11.5 Å². The molecule has 206 valence electrons. The molecule has 1 saturated heterocycles. The van der Waals surface area contributed by atoms with Crippen molar-refractivity contribution in [3.05, 3.63) is 23.3 Å². The second kappa shape index (κ2) is 10.1. The Labute approximate surface area is 220 Å². The maximum Gasteiger partial charge on any atom is 0.161 e. The molecular weight excluding hydrogens is 450 g/mol. The minimum absolute atomic E-state index is 0.0367. The number of likely N-dealkylation sites (tertiary alicyclic amines) is 1. The van der Waals surface area contributed by atoms with Gasteiger partial charge in [0.2, 0.25) is 0 Å². The fourth-order valence-corrected chi connectivity index (χ4v) is 6.66. The Morgan fingerprint density at radius 1 is 1.06 bits per heavy atom. The Morgan fingerprint density at radius 3 is 2.22 bits per heavy atom. The highest BCUT2D eigenvalue weighted by Crippen LogP contribution is 2.57. The second-order valence-corrected chi connectivity index (χ2v) is 13.4. The van der Waals surface area contributed by atoms with E-state index in [1.165, 1.54) is 11.1 Å². The van der Waals surface area contributed by atoms with E-state index < -0.39 is 5.60 Å². The zero-order chi connectivity index (χ0) is 27.3. The number of benzene rings is 1. The van der Waals surface area contributed by atoms with Crippen molar-refractivity contribution in [3.63, 3.8) is 0 Å². The summed E-state index contributed by atoms with van der Waals surface area (Å²) in [4.78, 5) is 2.56. The Bertz CT molecular complexity index is 919. The number of hydrogen-bond donors (Lipinski definition) is 1. The highest BCUT2D eigenvalue weighted by Gasteiger charge is 2.60. The molecule has 1 aliphatic carbocycles. The molecule has 36 heavy (non-hydrogen) atoms. The molecule has 2 aliphatic rings. The normalized spacial score (nSPS) is 32.3. The zero-order valence-electron chi connectivity index (χ0n) is 25.1. The lowest BCUT2D eigenvalue weighted by Crippen LogP contribution is -2.66. The van der Waals surface area contributed by atoms with Crippen molar-refractivity contribution in [2.45, 2.75) is 118 Å². The lowest BCUT2D eigenvalue weighted by molar-refractivity contribution is -0.186. The molecule has 1 heterocycles. The molecule has 1 aromatic carbocycles. The van der Waals surface area contributed by atoms with Crippen molar-refractivity contribution >= 4 is 0 Å². The van der Waals surface area contributed by atoms with Gasteiger partial charge in [0.05, 0.1) is 32.0 Å². The van der Waals surface area contributed by atoms with Crippen molar-refractivity contribution in [3.8, 4) is 11.5 Å². The molecule has 0 bridgehead atoms. The predicted octanol–water partition coefficient (Wildman–Crippen LogP) is 6.59. The van der Waals surface area contributed by atoms with Crippen LogP contribution in [-0.4, -0.2) is 60.2 Å². The van der Waals surface area contributed by atoms with Crippen LogP contribution in [-0.2, 0) is 4.74 Å². The van der Waals surface area contributed by atoms with Gasteiger partial charge >= 0.3 is 0 Å². The lowest BCUT2D eigenvalue weighted by Gasteiger charge is -2.60. The van der Waals surface area contributed by atoms with Gasteiger partial charge in [-0.15, -0.1) is 0 Å². The van der Waals surface area contributed by atoms with E-state index in [-0.39, 0.29) is 34.4 Å². The molecule has 0 amide bonds. The van der Waals surface area contributed by atoms with Gasteiger partial charge in [-0.05, 0) is 87.5 Å². The number of methoxy groups -OCH3 is 1. The molecule has 1 N–H and O–H groups in total. The van der Waals surface area contributed by atoms with Gasteiger partial charge in [0.15, 0.2) is 11.5 Å². The Kier molecular flexibility index (Phi) is 8.22. The number of hydrogen-bond acceptors (Lipinski definition) is 5. The SMILES string of the molecule is CCOc1cc(C(C)CO[C@H]2[C@H](N3CC[C@@](C)(O)C3(C)C)CC(C)C(C)(C)C2(C)C)c(C)cc1OC. The van der Waals surface area contributed by atoms with Gasteiger partial charge in [-0.2, -0.15) is 0 Å². The molecular formula is C31H53NO4. The average molecular weight is 504 g/mol. The third kappa shape index (κ3) is 4.80. The molecule has 0 radical (unpaired) electrons. The highest BCUT2D eigenvalue weighted by atomic mass is 16.5. The smallest absolute Gasteiger partial charge is 0.161 e. The van der Waals surface area contributed by atoms with Gasteiger partial charge in [-0.3, -0.25) is 4.90 Å². The molecule has 5 atom stereocenters. The van der Waals surface area contributed by atoms with E-state index in [0.29, 0.717) is 19.1 Å². The van der Waals surface area contributed by atoms with E-state index in [2.05, 4.69) is 79.3 Å². The summed E-state index contributed by atoms with van der Waals surface area (Å²) < 4.78 is 18.4. The highest BCUT2D eigenvalue weighted by molar-refractivity contribution is 5.48. The summed E-state index contributed by atoms with van der Waals surface area (Å²) in [5.74, 6) is 2.33. The van der Waals surface area contributed by atoms with Crippen LogP contribution < -0.4 is 9.47 Å². The van der Waals surface area contributed by atoms with E-state index in [9.17, 15) is 5.11 Å². The van der Waals surface area contributed by atoms with Crippen LogP contribution >= 0.6 is 0 Å². The van der Waals surface area contributed by atoms with Gasteiger partial charge in [0, 0.05) is 24.0 Å². The van der Waals surface area contributed by atoms with Crippen LogP contribution in [0.25, 0.3) is 0 Å². The first kappa shape index (κ1) is 29.3. The van der Waals surface area contributed by atoms with Crippen LogP contribution in [0.3, 0.4) is 0 Å². The largest absolute Gasteiger partial charge is 0.493 e. The number of aryl methyl sites for hydroxylation is 1. The van der Waals surface area contributed by atoms with Crippen LogP contribution in [0, 0.1) is 23.7 Å². The Morgan fingerprint density at radius 2 is 1.69 bits per heavy atom. The summed E-state index contributed by atoms with van der Waals surface area (Å²) in [5.41, 5.74) is 1.51. The van der Waals surface area contributed by atoms with Crippen molar-refractivity contribution < 1.29 is 19.3 Å². The topological polar surface area (TPSA) is 51.2 Å². The first-order valence-corrected chi connectivity index (χ1v) is 13.9. The summed E-state index contributed by atoms with van der Waals surface area (Å²) in [5, 5.41) is 11.2. The van der Waals surface area contributed by atoms with Crippen molar-refractivity contribution in [2.24, 2.45) is 16.7 Å². The Hall–Kier alpha value is -1.30. The molecule has 1 aliphatic heterocycles. The van der Waals surface area contributed by atoms with Gasteiger partial charge in [0.25, 0.3) is 0 Å². The van der Waals surface area contributed by atoms with Gasteiger partial charge in [-0.25, -0.2) is 0 Å². The fourth-order valence-electron chi connectivity index (χ4n) is 6.66. The third-order valence-corrected chi connectivity index (χ3v) is 10.7. The second-order valence-electron chi connectivity index (χ2n) is 13.4. The number of ether oxygens (including phenoxy) is 3. The van der Waals surface area contributed by atoms with Crippen LogP contribution in [0.15, 0.2) is 12.1 Å². The van der Waals surface area contributed by atoms with Crippen LogP contribution in [0.4, 0.5) is 0 Å². The molecule has 1 saturated carbocycles. The predicted molar refractivity (Wildman–Crippen MR) is 148 cm³/mol. The van der Waals surface area contributed by atoms with Gasteiger partial charge in [-0.1, -0.05) is 41.5 Å². The summed E-state index contributed by atoms with van der Waals surface area (Å²) in [6.45, 7) is 26.9. The van der Waals surface area contributed by atoms with E-state index in [4.69, 9.17) is 14.2 Å². The van der Waals surface area contributed by atoms with Crippen LogP contribution in [0.1, 0.15) is 99.1 Å². The minimum atomic E-state index is -0.707. The summed E-state index contributed by atoms with van der Waals surface area (Å²) >= 11 is 0. The lowest BCUT2D eigenvalue weighted by atomic mass is 9.52. The first-order chi connectivity index (χ1) is 16.5. The van der Waals surface area contributed by atoms with Crippen molar-refractivity contribution in [2.75, 3.05) is 26.9 Å². The quantitative estimate of drug-likeness (QED) is 0.434. The number of nitrogens with zero attached hydrogens (tertiary/aromatic N) is 1. The molecule has 1 aromatic rings. The maximum absolute atomic E-state index is 11.2. The summed E-state index contributed by atoms with van der Waals surface area (Å²) in [6.07, 6.45) is 1.93. The first-order valence-electron chi connectivity index (χ1n) is 13.9. The van der Waals surface area contributed by atoms with Crippen LogP contribution in [0.2, 0.25) is 0 Å². The fraction of sp³-hybridized carbons (Fsp3) is 0.806. The van der Waals surface area contributed by atoms with E-state index in [1.807, 2.05) is 13.8 Å². The number of rotatable bonds is 8. The summed E-state index contributed by atoms with van der Waals surface area (Å²) in [6, 6.07) is 4.46. The van der Waals surface area contributed by atoms with Gasteiger partial charge < -0.3 is 19.3 Å². The third-order valence-electron chi connectivity index (χ3n) is 10.7. The van der Waals surface area contributed by atoms with E-state index in [0.717, 1.165) is 30.9 Å². The molecule has 0 aromatic heterocycles. The summed E-state index contributed by atoms with van der Waals surface area (Å²) in [7, 11) is 1.69. The molecule has 2 unspecified atom stereocenters. The standard InChI is InChI=1S/C31H53NO4/c1-13-35-26-18-23(20(2)16-25(26)34-12)21(3)19-36-27-24(17-22(4)28(5,6)29(27,7)8)32-15-14-31(11,33)30(32,9)10/h16,18,21-22,24,27,33H,13-15,17,19H2,1-12H3/t21?,22?,24-,27+,31-/m1/s1. The minimum Gasteiger partial charge on any atom is -0.493 e.